The maximum atomic E-state index is 14.8. The molecule has 0 N–H and O–H groups in total. The lowest BCUT2D eigenvalue weighted by molar-refractivity contribution is -0.132. The summed E-state index contributed by atoms with van der Waals surface area (Å²) in [6.45, 7) is 4.39. The molecular formula is C33H37ClN4O6S. The van der Waals surface area contributed by atoms with Crippen molar-refractivity contribution in [3.63, 3.8) is 0 Å². The van der Waals surface area contributed by atoms with Crippen molar-refractivity contribution >= 4 is 39.3 Å². The highest BCUT2D eigenvalue weighted by Gasteiger charge is 2.60. The van der Waals surface area contributed by atoms with Crippen molar-refractivity contribution in [1.29, 1.82) is 0 Å². The number of likely N-dealkylation sites (tertiary alicyclic amines) is 1. The summed E-state index contributed by atoms with van der Waals surface area (Å²) < 4.78 is 40.8. The van der Waals surface area contributed by atoms with Crippen LogP contribution in [0.3, 0.4) is 0 Å². The summed E-state index contributed by atoms with van der Waals surface area (Å²) in [5.74, 6) is -0.925. The van der Waals surface area contributed by atoms with Crippen molar-refractivity contribution in [3.05, 3.63) is 94.5 Å². The highest BCUT2D eigenvalue weighted by Crippen LogP contribution is 2.51. The maximum absolute atomic E-state index is 14.8. The summed E-state index contributed by atoms with van der Waals surface area (Å²) >= 11 is 6.49. The summed E-state index contributed by atoms with van der Waals surface area (Å²) in [7, 11) is -0.756. The molecule has 1 atom stereocenters. The van der Waals surface area contributed by atoms with E-state index in [0.29, 0.717) is 43.3 Å². The Morgan fingerprint density at radius 1 is 0.911 bits per heavy atom. The van der Waals surface area contributed by atoms with Crippen LogP contribution in [-0.2, 0) is 36.5 Å². The molecule has 3 aliphatic heterocycles. The van der Waals surface area contributed by atoms with Gasteiger partial charge in [0.25, 0.3) is 15.9 Å². The van der Waals surface area contributed by atoms with E-state index < -0.39 is 27.6 Å². The number of benzene rings is 3. The molecular weight excluding hydrogens is 616 g/mol. The van der Waals surface area contributed by atoms with E-state index in [1.165, 1.54) is 37.4 Å². The van der Waals surface area contributed by atoms with Gasteiger partial charge in [-0.25, -0.2) is 13.2 Å². The van der Waals surface area contributed by atoms with E-state index in [4.69, 9.17) is 21.1 Å². The zero-order valence-corrected chi connectivity index (χ0v) is 27.0. The van der Waals surface area contributed by atoms with E-state index in [1.807, 2.05) is 0 Å². The third kappa shape index (κ3) is 5.72. The number of ether oxygens (including phenoxy) is 2. The molecule has 0 saturated carbocycles. The zero-order valence-electron chi connectivity index (χ0n) is 25.4. The summed E-state index contributed by atoms with van der Waals surface area (Å²) in [6.07, 6.45) is 1.46. The Bertz CT molecular complexity index is 1670. The van der Waals surface area contributed by atoms with Crippen LogP contribution in [0.25, 0.3) is 0 Å². The van der Waals surface area contributed by atoms with E-state index in [-0.39, 0.29) is 27.8 Å². The molecule has 3 aromatic carbocycles. The second-order valence-electron chi connectivity index (χ2n) is 11.7. The van der Waals surface area contributed by atoms with Gasteiger partial charge >= 0.3 is 6.09 Å². The first-order valence-electron chi connectivity index (χ1n) is 15.1. The molecule has 0 spiro atoms. The second-order valence-corrected chi connectivity index (χ2v) is 14.0. The molecule has 0 aromatic heterocycles. The average molecular weight is 653 g/mol. The van der Waals surface area contributed by atoms with E-state index in [9.17, 15) is 18.0 Å². The van der Waals surface area contributed by atoms with Gasteiger partial charge in [-0.15, -0.1) is 0 Å². The predicted molar refractivity (Wildman–Crippen MR) is 171 cm³/mol. The van der Waals surface area contributed by atoms with Gasteiger partial charge in [-0.1, -0.05) is 54.1 Å². The molecule has 2 amide bonds. The van der Waals surface area contributed by atoms with Gasteiger partial charge in [0.15, 0.2) is 0 Å². The van der Waals surface area contributed by atoms with Gasteiger partial charge < -0.3 is 19.3 Å². The fourth-order valence-electron chi connectivity index (χ4n) is 6.66. The Labute approximate surface area is 269 Å². The van der Waals surface area contributed by atoms with Gasteiger partial charge in [0.05, 0.1) is 17.2 Å². The van der Waals surface area contributed by atoms with Crippen molar-refractivity contribution < 1.29 is 27.5 Å². The van der Waals surface area contributed by atoms with Crippen molar-refractivity contribution in [2.75, 3.05) is 57.7 Å². The highest BCUT2D eigenvalue weighted by molar-refractivity contribution is 7.93. The molecule has 0 radical (unpaired) electrons. The smallest absolute Gasteiger partial charge is 0.411 e. The van der Waals surface area contributed by atoms with Gasteiger partial charge in [-0.05, 0) is 68.9 Å². The maximum Gasteiger partial charge on any atom is 0.411 e. The fraction of sp³-hybridized carbons (Fsp3) is 0.394. The number of piperidine rings is 1. The van der Waals surface area contributed by atoms with Gasteiger partial charge in [-0.2, -0.15) is 4.31 Å². The number of carbonyl (C=O) groups is 2. The van der Waals surface area contributed by atoms with Crippen LogP contribution in [0.4, 0.5) is 10.5 Å². The molecule has 3 aromatic rings. The SMILES string of the molecule is COCc1ccccc1C1(OC(=O)N2CCN(C3CCN(C)CC3)CC2)C(=O)N(S(=O)(=O)c2ccccc2)c2ccc(Cl)cc21. The molecule has 1 unspecified atom stereocenters. The Kier molecular flexibility index (Phi) is 8.91. The highest BCUT2D eigenvalue weighted by atomic mass is 35.5. The minimum Gasteiger partial charge on any atom is -0.422 e. The molecule has 0 aliphatic carbocycles. The molecule has 10 nitrogen and oxygen atoms in total. The van der Waals surface area contributed by atoms with Crippen molar-refractivity contribution in [2.24, 2.45) is 0 Å². The summed E-state index contributed by atoms with van der Waals surface area (Å²) in [4.78, 5) is 35.2. The predicted octanol–water partition coefficient (Wildman–Crippen LogP) is 4.31. The summed E-state index contributed by atoms with van der Waals surface area (Å²) in [6, 6.07) is 19.6. The van der Waals surface area contributed by atoms with Crippen LogP contribution in [-0.4, -0.2) is 94.6 Å². The molecule has 3 aliphatic rings. The standard InChI is InChI=1S/C33H37ClN4O6S/c1-35-16-14-26(15-17-35)36-18-20-37(21-19-36)32(40)44-33(28-11-7-6-8-24(28)23-43-2)29-22-25(34)12-13-30(29)38(31(33)39)45(41,42)27-9-4-3-5-10-27/h3-13,22,26H,14-21,23H2,1-2H3. The minimum atomic E-state index is -4.41. The Morgan fingerprint density at radius 2 is 1.58 bits per heavy atom. The Balaban J connectivity index is 1.41. The van der Waals surface area contributed by atoms with Gasteiger partial charge in [0, 0.05) is 55.5 Å². The van der Waals surface area contributed by atoms with Gasteiger partial charge in [0.1, 0.15) is 0 Å². The third-order valence-corrected chi connectivity index (χ3v) is 11.0. The molecule has 0 bridgehead atoms. The van der Waals surface area contributed by atoms with Crippen LogP contribution in [0, 0.1) is 0 Å². The van der Waals surface area contributed by atoms with E-state index in [0.717, 1.165) is 30.2 Å². The topological polar surface area (TPSA) is 99.7 Å². The number of hydrogen-bond donors (Lipinski definition) is 0. The lowest BCUT2D eigenvalue weighted by Gasteiger charge is -2.42. The average Bonchev–Trinajstić information content (AvgIpc) is 3.30. The number of halogens is 1. The van der Waals surface area contributed by atoms with Crippen molar-refractivity contribution in [2.45, 2.75) is 36.0 Å². The minimum absolute atomic E-state index is 0.0698. The number of rotatable bonds is 7. The van der Waals surface area contributed by atoms with Crippen LogP contribution >= 0.6 is 11.6 Å². The summed E-state index contributed by atoms with van der Waals surface area (Å²) in [5, 5.41) is 0.261. The molecule has 45 heavy (non-hydrogen) atoms. The lowest BCUT2D eigenvalue weighted by Crippen LogP contribution is -2.55. The second kappa shape index (κ2) is 12.7. The molecule has 3 heterocycles. The molecule has 2 fully saturated rings. The van der Waals surface area contributed by atoms with E-state index in [1.54, 1.807) is 47.4 Å². The van der Waals surface area contributed by atoms with Gasteiger partial charge in [0.2, 0.25) is 5.60 Å². The Hall–Kier alpha value is -3.48. The first kappa shape index (κ1) is 31.5. The van der Waals surface area contributed by atoms with Crippen LogP contribution in [0.5, 0.6) is 0 Å². The largest absolute Gasteiger partial charge is 0.422 e. The number of sulfonamides is 1. The van der Waals surface area contributed by atoms with Crippen LogP contribution in [0.1, 0.15) is 29.5 Å². The molecule has 12 heteroatoms. The van der Waals surface area contributed by atoms with Crippen molar-refractivity contribution in [3.8, 4) is 0 Å². The van der Waals surface area contributed by atoms with Gasteiger partial charge in [-0.3, -0.25) is 9.69 Å². The fourth-order valence-corrected chi connectivity index (χ4v) is 8.30. The zero-order chi connectivity index (χ0) is 31.8. The molecule has 238 valence electrons. The number of piperazine rings is 1. The van der Waals surface area contributed by atoms with Crippen LogP contribution in [0.15, 0.2) is 77.7 Å². The number of amides is 2. The van der Waals surface area contributed by atoms with E-state index >= 15 is 0 Å². The first-order valence-corrected chi connectivity index (χ1v) is 16.9. The lowest BCUT2D eigenvalue weighted by atomic mass is 9.84. The number of nitrogens with zero attached hydrogens (tertiary/aromatic N) is 4. The normalized spacial score (nSPS) is 21.6. The summed E-state index contributed by atoms with van der Waals surface area (Å²) in [5.41, 5.74) is -1.02. The van der Waals surface area contributed by atoms with E-state index in [2.05, 4.69) is 16.8 Å². The quantitative estimate of drug-likeness (QED) is 0.372. The first-order chi connectivity index (χ1) is 21.7. The Morgan fingerprint density at radius 3 is 2.27 bits per heavy atom. The number of carbonyl (C=O) groups excluding carboxylic acids is 2. The van der Waals surface area contributed by atoms with Crippen LogP contribution in [0.2, 0.25) is 5.02 Å². The van der Waals surface area contributed by atoms with Crippen LogP contribution < -0.4 is 4.31 Å². The molecule has 6 rings (SSSR count). The number of methoxy groups -OCH3 is 1. The van der Waals surface area contributed by atoms with Crippen molar-refractivity contribution in [1.82, 2.24) is 14.7 Å². The number of hydrogen-bond acceptors (Lipinski definition) is 8. The third-order valence-electron chi connectivity index (χ3n) is 9.04. The number of anilines is 1. The monoisotopic (exact) mass is 652 g/mol. The molecule has 2 saturated heterocycles. The number of fused-ring (bicyclic) bond motifs is 1.